The first-order valence-corrected chi connectivity index (χ1v) is 13.0. The monoisotopic (exact) mass is 552 g/mol. The van der Waals surface area contributed by atoms with Crippen molar-refractivity contribution >= 4 is 39.5 Å². The number of aromatic nitrogens is 2. The highest BCUT2D eigenvalue weighted by atomic mass is 79.9. The molecule has 2 aromatic rings. The predicted molar refractivity (Wildman–Crippen MR) is 136 cm³/mol. The molecule has 0 spiro atoms. The van der Waals surface area contributed by atoms with E-state index in [2.05, 4.69) is 20.9 Å². The molecule has 1 saturated carbocycles. The van der Waals surface area contributed by atoms with E-state index in [9.17, 15) is 14.7 Å². The van der Waals surface area contributed by atoms with Gasteiger partial charge in [-0.1, -0.05) is 23.7 Å². The van der Waals surface area contributed by atoms with Gasteiger partial charge in [-0.25, -0.2) is 9.78 Å². The van der Waals surface area contributed by atoms with Crippen LogP contribution in [0.25, 0.3) is 0 Å². The maximum Gasteiger partial charge on any atom is 0.356 e. The molecule has 0 aliphatic heterocycles. The third-order valence-corrected chi connectivity index (χ3v) is 7.19. The van der Waals surface area contributed by atoms with Crippen LogP contribution in [0.3, 0.4) is 0 Å². The summed E-state index contributed by atoms with van der Waals surface area (Å²) in [6.45, 7) is 9.72. The molecule has 3 rings (SSSR count). The van der Waals surface area contributed by atoms with E-state index in [0.29, 0.717) is 21.4 Å². The zero-order chi connectivity index (χ0) is 25.2. The summed E-state index contributed by atoms with van der Waals surface area (Å²) >= 11 is 9.63. The molecule has 0 radical (unpaired) electrons. The molecule has 0 bridgehead atoms. The Bertz CT molecular complexity index is 1020. The van der Waals surface area contributed by atoms with Crippen molar-refractivity contribution in [1.29, 1.82) is 0 Å². The van der Waals surface area contributed by atoms with Crippen LogP contribution >= 0.6 is 27.5 Å². The van der Waals surface area contributed by atoms with Crippen molar-refractivity contribution in [1.82, 2.24) is 9.55 Å². The highest BCUT2D eigenvalue weighted by Crippen LogP contribution is 2.42. The van der Waals surface area contributed by atoms with Crippen LogP contribution in [0.1, 0.15) is 100 Å². The Hall–Kier alpha value is -1.86. The van der Waals surface area contributed by atoms with Crippen LogP contribution in [0.2, 0.25) is 5.02 Å². The number of halogens is 2. The quantitative estimate of drug-likeness (QED) is 0.365. The summed E-state index contributed by atoms with van der Waals surface area (Å²) in [4.78, 5) is 29.0. The molecule has 1 aromatic carbocycles. The van der Waals surface area contributed by atoms with Gasteiger partial charge in [-0.3, -0.25) is 4.79 Å². The fourth-order valence-corrected chi connectivity index (χ4v) is 5.76. The van der Waals surface area contributed by atoms with E-state index in [-0.39, 0.29) is 29.5 Å². The average molecular weight is 554 g/mol. The first kappa shape index (κ1) is 26.7. The van der Waals surface area contributed by atoms with Gasteiger partial charge in [0.05, 0.1) is 11.6 Å². The molecule has 1 aliphatic rings. The second kappa shape index (κ2) is 10.8. The Morgan fingerprint density at radius 3 is 2.26 bits per heavy atom. The standard InChI is InChI=1S/C26H34BrClN2O4/c1-15(2)30-22(21(23(31)32)29-25(30)27)20(17-10-12-19(28)13-11-17)14-16-6-8-18(9-7-16)24(33)34-26(3,4)5/h10-13,15-16,18,20H,6-9,14H2,1-5H3,(H,31,32). The van der Waals surface area contributed by atoms with Gasteiger partial charge in [0.2, 0.25) is 0 Å². The summed E-state index contributed by atoms with van der Waals surface area (Å²) in [5, 5.41) is 10.6. The number of carboxylic acids is 1. The van der Waals surface area contributed by atoms with Crippen LogP contribution in [0.15, 0.2) is 29.0 Å². The minimum Gasteiger partial charge on any atom is -0.476 e. The maximum atomic E-state index is 12.5. The van der Waals surface area contributed by atoms with Crippen molar-refractivity contribution in [3.8, 4) is 0 Å². The lowest BCUT2D eigenvalue weighted by Gasteiger charge is -2.32. The summed E-state index contributed by atoms with van der Waals surface area (Å²) in [7, 11) is 0. The highest BCUT2D eigenvalue weighted by molar-refractivity contribution is 9.10. The number of esters is 1. The predicted octanol–water partition coefficient (Wildman–Crippen LogP) is 7.25. The van der Waals surface area contributed by atoms with Crippen molar-refractivity contribution in [2.24, 2.45) is 11.8 Å². The fraction of sp³-hybridized carbons (Fsp3) is 0.577. The molecule has 1 N–H and O–H groups in total. The van der Waals surface area contributed by atoms with Gasteiger partial charge in [-0.15, -0.1) is 0 Å². The van der Waals surface area contributed by atoms with Crippen LogP contribution in [-0.4, -0.2) is 32.2 Å². The second-order valence-electron chi connectivity index (χ2n) is 10.5. The normalized spacial score (nSPS) is 19.8. The number of aromatic carboxylic acids is 1. The Labute approximate surface area is 215 Å². The van der Waals surface area contributed by atoms with Crippen molar-refractivity contribution in [3.05, 3.63) is 51.0 Å². The largest absolute Gasteiger partial charge is 0.476 e. The molecule has 6 nitrogen and oxygen atoms in total. The molecule has 0 amide bonds. The van der Waals surface area contributed by atoms with Crippen LogP contribution in [0.5, 0.6) is 0 Å². The van der Waals surface area contributed by atoms with Crippen LogP contribution < -0.4 is 0 Å². The minimum atomic E-state index is -1.04. The van der Waals surface area contributed by atoms with Crippen molar-refractivity contribution in [2.45, 2.75) is 84.3 Å². The van der Waals surface area contributed by atoms with Gasteiger partial charge >= 0.3 is 11.9 Å². The zero-order valence-electron chi connectivity index (χ0n) is 20.5. The summed E-state index contributed by atoms with van der Waals surface area (Å²) in [5.74, 6) is -1.03. The smallest absolute Gasteiger partial charge is 0.356 e. The SMILES string of the molecule is CC(C)n1c(Br)nc(C(=O)O)c1C(CC1CCC(C(=O)OC(C)(C)C)CC1)c1ccc(Cl)cc1. The van der Waals surface area contributed by atoms with Gasteiger partial charge < -0.3 is 14.4 Å². The van der Waals surface area contributed by atoms with E-state index in [0.717, 1.165) is 37.7 Å². The number of nitrogens with zero attached hydrogens (tertiary/aromatic N) is 2. The lowest BCUT2D eigenvalue weighted by atomic mass is 9.75. The molecule has 1 atom stereocenters. The van der Waals surface area contributed by atoms with Crippen molar-refractivity contribution < 1.29 is 19.4 Å². The van der Waals surface area contributed by atoms with E-state index in [1.54, 1.807) is 0 Å². The molecule has 8 heteroatoms. The molecule has 0 saturated heterocycles. The number of carbonyl (C=O) groups is 2. The maximum absolute atomic E-state index is 12.5. The lowest BCUT2D eigenvalue weighted by Crippen LogP contribution is -2.31. The van der Waals surface area contributed by atoms with E-state index in [1.807, 2.05) is 63.5 Å². The van der Waals surface area contributed by atoms with Gasteiger partial charge in [0.25, 0.3) is 0 Å². The third kappa shape index (κ3) is 6.42. The molecule has 186 valence electrons. The van der Waals surface area contributed by atoms with Crippen molar-refractivity contribution in [3.63, 3.8) is 0 Å². The topological polar surface area (TPSA) is 81.4 Å². The van der Waals surface area contributed by atoms with E-state index in [4.69, 9.17) is 16.3 Å². The fourth-order valence-electron chi connectivity index (χ4n) is 4.85. The number of benzene rings is 1. The van der Waals surface area contributed by atoms with Crippen molar-refractivity contribution in [2.75, 3.05) is 0 Å². The van der Waals surface area contributed by atoms with Crippen LogP contribution in [0, 0.1) is 11.8 Å². The van der Waals surface area contributed by atoms with E-state index >= 15 is 0 Å². The number of hydrogen-bond acceptors (Lipinski definition) is 4. The van der Waals surface area contributed by atoms with Gasteiger partial charge in [-0.05, 0) is 106 Å². The van der Waals surface area contributed by atoms with Crippen LogP contribution in [-0.2, 0) is 9.53 Å². The number of ether oxygens (including phenoxy) is 1. The zero-order valence-corrected chi connectivity index (χ0v) is 22.8. The molecule has 1 unspecified atom stereocenters. The number of carboxylic acid groups (broad SMARTS) is 1. The number of hydrogen-bond donors (Lipinski definition) is 1. The summed E-state index contributed by atoms with van der Waals surface area (Å²) < 4.78 is 8.08. The summed E-state index contributed by atoms with van der Waals surface area (Å²) in [6.07, 6.45) is 4.13. The Morgan fingerprint density at radius 2 is 1.76 bits per heavy atom. The molecule has 1 aliphatic carbocycles. The third-order valence-electron chi connectivity index (χ3n) is 6.38. The van der Waals surface area contributed by atoms with Gasteiger partial charge in [0.1, 0.15) is 5.60 Å². The average Bonchev–Trinajstić information content (AvgIpc) is 3.09. The van der Waals surface area contributed by atoms with Crippen LogP contribution in [0.4, 0.5) is 0 Å². The Morgan fingerprint density at radius 1 is 1.18 bits per heavy atom. The number of imidazole rings is 1. The summed E-state index contributed by atoms with van der Waals surface area (Å²) in [6, 6.07) is 7.65. The number of rotatable bonds is 7. The molecule has 1 aromatic heterocycles. The molecular formula is C26H34BrClN2O4. The van der Waals surface area contributed by atoms with Gasteiger partial charge in [0, 0.05) is 17.0 Å². The Kier molecular flexibility index (Phi) is 8.51. The first-order valence-electron chi connectivity index (χ1n) is 11.9. The van der Waals surface area contributed by atoms with E-state index < -0.39 is 11.6 Å². The van der Waals surface area contributed by atoms with Gasteiger partial charge in [0.15, 0.2) is 10.4 Å². The molecule has 1 fully saturated rings. The highest BCUT2D eigenvalue weighted by Gasteiger charge is 2.35. The first-order chi connectivity index (χ1) is 15.9. The number of carbonyl (C=O) groups excluding carboxylic acids is 1. The summed E-state index contributed by atoms with van der Waals surface area (Å²) in [5.41, 5.74) is 1.30. The molecule has 1 heterocycles. The minimum absolute atomic E-state index is 0.0303. The molecule has 34 heavy (non-hydrogen) atoms. The second-order valence-corrected chi connectivity index (χ2v) is 11.6. The molecular weight excluding hydrogens is 520 g/mol. The Balaban J connectivity index is 1.90. The van der Waals surface area contributed by atoms with E-state index in [1.165, 1.54) is 0 Å². The lowest BCUT2D eigenvalue weighted by molar-refractivity contribution is -0.161. The van der Waals surface area contributed by atoms with Gasteiger partial charge in [-0.2, -0.15) is 0 Å².